The number of nitrogens with zero attached hydrogens (tertiary/aromatic N) is 3. The van der Waals surface area contributed by atoms with Gasteiger partial charge in [-0.3, -0.25) is 4.79 Å². The van der Waals surface area contributed by atoms with Gasteiger partial charge in [0, 0.05) is 11.8 Å². The zero-order valence-corrected chi connectivity index (χ0v) is 12.5. The van der Waals surface area contributed by atoms with E-state index in [2.05, 4.69) is 15.5 Å². The second-order valence-corrected chi connectivity index (χ2v) is 4.82. The van der Waals surface area contributed by atoms with Crippen LogP contribution < -0.4 is 10.1 Å². The van der Waals surface area contributed by atoms with E-state index >= 15 is 0 Å². The van der Waals surface area contributed by atoms with Gasteiger partial charge >= 0.3 is 0 Å². The Bertz CT molecular complexity index is 870. The van der Waals surface area contributed by atoms with Gasteiger partial charge in [-0.15, -0.1) is 10.2 Å². The molecule has 0 atom stereocenters. The summed E-state index contributed by atoms with van der Waals surface area (Å²) in [5.41, 5.74) is 1.41. The van der Waals surface area contributed by atoms with Gasteiger partial charge in [-0.05, 0) is 42.5 Å². The molecular weight excluding hydrogens is 304 g/mol. The number of hydrogen-bond acceptors (Lipinski definition) is 5. The number of carbonyl (C=O) groups is 1. The molecule has 1 aromatic heterocycles. The molecule has 0 aliphatic heterocycles. The highest BCUT2D eigenvalue weighted by Gasteiger charge is 2.09. The van der Waals surface area contributed by atoms with Crippen molar-refractivity contribution in [2.75, 3.05) is 5.32 Å². The first kappa shape index (κ1) is 15.2. The van der Waals surface area contributed by atoms with Crippen LogP contribution in [0.5, 0.6) is 11.6 Å². The molecule has 2 aromatic carbocycles. The van der Waals surface area contributed by atoms with E-state index in [1.165, 1.54) is 6.07 Å². The summed E-state index contributed by atoms with van der Waals surface area (Å²) in [6.07, 6.45) is 0. The monoisotopic (exact) mass is 316 g/mol. The third-order valence-electron chi connectivity index (χ3n) is 3.11. The van der Waals surface area contributed by atoms with Crippen LogP contribution in [0.25, 0.3) is 0 Å². The van der Waals surface area contributed by atoms with E-state index in [0.717, 1.165) is 0 Å². The maximum atomic E-state index is 12.1. The molecule has 0 spiro atoms. The highest BCUT2D eigenvalue weighted by molar-refractivity contribution is 6.02. The fraction of sp³-hybridized carbons (Fsp3) is 0. The van der Waals surface area contributed by atoms with Crippen LogP contribution in [0.3, 0.4) is 0 Å². The van der Waals surface area contributed by atoms with Crippen LogP contribution in [0.1, 0.15) is 16.1 Å². The number of rotatable bonds is 4. The summed E-state index contributed by atoms with van der Waals surface area (Å²) >= 11 is 0. The van der Waals surface area contributed by atoms with Crippen LogP contribution in [0, 0.1) is 11.3 Å². The van der Waals surface area contributed by atoms with Gasteiger partial charge in [0.25, 0.3) is 5.91 Å². The van der Waals surface area contributed by atoms with Crippen molar-refractivity contribution in [2.45, 2.75) is 0 Å². The lowest BCUT2D eigenvalue weighted by molar-refractivity contribution is 0.102. The molecule has 0 aliphatic carbocycles. The molecule has 6 nitrogen and oxygen atoms in total. The molecule has 1 N–H and O–H groups in total. The van der Waals surface area contributed by atoms with E-state index < -0.39 is 0 Å². The molecule has 3 rings (SSSR count). The quantitative estimate of drug-likeness (QED) is 0.797. The maximum Gasteiger partial charge on any atom is 0.276 e. The third kappa shape index (κ3) is 3.72. The molecule has 0 aliphatic rings. The Balaban J connectivity index is 1.66. The zero-order chi connectivity index (χ0) is 16.8. The predicted molar refractivity (Wildman–Crippen MR) is 87.7 cm³/mol. The molecule has 1 heterocycles. The molecule has 0 radical (unpaired) electrons. The minimum Gasteiger partial charge on any atom is -0.438 e. The number of carbonyl (C=O) groups excluding carboxylic acids is 1. The second kappa shape index (κ2) is 7.03. The van der Waals surface area contributed by atoms with Crippen molar-refractivity contribution in [1.82, 2.24) is 10.2 Å². The summed E-state index contributed by atoms with van der Waals surface area (Å²) in [5, 5.41) is 19.2. The average molecular weight is 316 g/mol. The van der Waals surface area contributed by atoms with E-state index in [9.17, 15) is 4.79 Å². The molecule has 0 saturated carbocycles. The molecule has 0 saturated heterocycles. The van der Waals surface area contributed by atoms with Crippen molar-refractivity contribution in [3.8, 4) is 17.7 Å². The Morgan fingerprint density at radius 1 is 0.958 bits per heavy atom. The topological polar surface area (TPSA) is 87.9 Å². The van der Waals surface area contributed by atoms with Crippen molar-refractivity contribution < 1.29 is 9.53 Å². The first-order chi connectivity index (χ1) is 11.7. The number of anilines is 1. The fourth-order valence-electron chi connectivity index (χ4n) is 1.93. The van der Waals surface area contributed by atoms with Gasteiger partial charge in [0.2, 0.25) is 5.88 Å². The van der Waals surface area contributed by atoms with Gasteiger partial charge in [0.05, 0.1) is 11.6 Å². The lowest BCUT2D eigenvalue weighted by Crippen LogP contribution is -2.14. The van der Waals surface area contributed by atoms with Crippen molar-refractivity contribution in [3.63, 3.8) is 0 Å². The minimum absolute atomic E-state index is 0.186. The van der Waals surface area contributed by atoms with Gasteiger partial charge in [0.1, 0.15) is 5.75 Å². The van der Waals surface area contributed by atoms with Gasteiger partial charge < -0.3 is 10.1 Å². The van der Waals surface area contributed by atoms with Crippen molar-refractivity contribution in [3.05, 3.63) is 78.0 Å². The van der Waals surface area contributed by atoms with Gasteiger partial charge in [-0.25, -0.2) is 0 Å². The standard InChI is InChI=1S/C18H12N4O2/c19-12-13-6-8-15(9-7-13)24-17-11-10-16(21-22-17)18(23)20-14-4-2-1-3-5-14/h1-11H,(H,20,23). The Labute approximate surface area is 138 Å². The van der Waals surface area contributed by atoms with E-state index in [-0.39, 0.29) is 17.5 Å². The average Bonchev–Trinajstić information content (AvgIpc) is 2.64. The number of para-hydroxylation sites is 1. The minimum atomic E-state index is -0.348. The van der Waals surface area contributed by atoms with Crippen molar-refractivity contribution in [2.24, 2.45) is 0 Å². The molecule has 0 bridgehead atoms. The first-order valence-electron chi connectivity index (χ1n) is 7.13. The Morgan fingerprint density at radius 3 is 2.33 bits per heavy atom. The van der Waals surface area contributed by atoms with Crippen LogP contribution in [0.15, 0.2) is 66.7 Å². The molecule has 0 fully saturated rings. The summed E-state index contributed by atoms with van der Waals surface area (Å²) in [5.74, 6) is 0.444. The molecule has 1 amide bonds. The largest absolute Gasteiger partial charge is 0.438 e. The molecule has 0 unspecified atom stereocenters. The highest BCUT2D eigenvalue weighted by atomic mass is 16.5. The van der Waals surface area contributed by atoms with Crippen LogP contribution in [0.4, 0.5) is 5.69 Å². The lowest BCUT2D eigenvalue weighted by atomic mass is 10.2. The summed E-state index contributed by atoms with van der Waals surface area (Å²) in [7, 11) is 0. The van der Waals surface area contributed by atoms with Crippen LogP contribution >= 0.6 is 0 Å². The maximum absolute atomic E-state index is 12.1. The van der Waals surface area contributed by atoms with Crippen molar-refractivity contribution >= 4 is 11.6 Å². The lowest BCUT2D eigenvalue weighted by Gasteiger charge is -2.06. The van der Waals surface area contributed by atoms with E-state index in [4.69, 9.17) is 10.00 Å². The number of benzene rings is 2. The molecular formula is C18H12N4O2. The second-order valence-electron chi connectivity index (χ2n) is 4.82. The molecule has 24 heavy (non-hydrogen) atoms. The summed E-state index contributed by atoms with van der Waals surface area (Å²) in [6, 6.07) is 20.8. The number of nitriles is 1. The van der Waals surface area contributed by atoms with Gasteiger partial charge in [0.15, 0.2) is 5.69 Å². The smallest absolute Gasteiger partial charge is 0.276 e. The van der Waals surface area contributed by atoms with E-state index in [1.54, 1.807) is 42.5 Å². The summed E-state index contributed by atoms with van der Waals surface area (Å²) < 4.78 is 5.52. The van der Waals surface area contributed by atoms with Gasteiger partial charge in [-0.1, -0.05) is 18.2 Å². The Morgan fingerprint density at radius 2 is 1.71 bits per heavy atom. The summed E-state index contributed by atoms with van der Waals surface area (Å²) in [4.78, 5) is 12.1. The molecule has 3 aromatic rings. The number of hydrogen-bond donors (Lipinski definition) is 1. The Kier molecular flexibility index (Phi) is 4.45. The van der Waals surface area contributed by atoms with E-state index in [1.807, 2.05) is 24.3 Å². The van der Waals surface area contributed by atoms with Gasteiger partial charge in [-0.2, -0.15) is 5.26 Å². The summed E-state index contributed by atoms with van der Waals surface area (Å²) in [6.45, 7) is 0. The predicted octanol–water partition coefficient (Wildman–Crippen LogP) is 3.39. The zero-order valence-electron chi connectivity index (χ0n) is 12.5. The molecule has 6 heteroatoms. The highest BCUT2D eigenvalue weighted by Crippen LogP contribution is 2.19. The van der Waals surface area contributed by atoms with Crippen LogP contribution in [-0.4, -0.2) is 16.1 Å². The number of aromatic nitrogens is 2. The van der Waals surface area contributed by atoms with Crippen LogP contribution in [0.2, 0.25) is 0 Å². The number of ether oxygens (including phenoxy) is 1. The Hall–Kier alpha value is -3.72. The SMILES string of the molecule is N#Cc1ccc(Oc2ccc(C(=O)Nc3ccccc3)nn2)cc1. The molecule has 116 valence electrons. The number of nitrogens with one attached hydrogen (secondary N) is 1. The van der Waals surface area contributed by atoms with E-state index in [0.29, 0.717) is 17.0 Å². The number of amides is 1. The normalized spacial score (nSPS) is 9.79. The third-order valence-corrected chi connectivity index (χ3v) is 3.11. The fourth-order valence-corrected chi connectivity index (χ4v) is 1.93. The van der Waals surface area contributed by atoms with Crippen LogP contribution in [-0.2, 0) is 0 Å². The van der Waals surface area contributed by atoms with Crippen molar-refractivity contribution in [1.29, 1.82) is 5.26 Å². The first-order valence-corrected chi connectivity index (χ1v) is 7.13.